The van der Waals surface area contributed by atoms with Crippen LogP contribution >= 0.6 is 0 Å². The number of aromatic nitrogens is 1. The summed E-state index contributed by atoms with van der Waals surface area (Å²) in [5, 5.41) is 11.3. The molecule has 0 amide bonds. The molecule has 0 radical (unpaired) electrons. The van der Waals surface area contributed by atoms with Crippen molar-refractivity contribution in [3.05, 3.63) is 42.1 Å². The van der Waals surface area contributed by atoms with E-state index >= 15 is 0 Å². The first kappa shape index (κ1) is 13.0. The molecule has 0 saturated carbocycles. The van der Waals surface area contributed by atoms with Gasteiger partial charge in [0.05, 0.1) is 11.2 Å². The van der Waals surface area contributed by atoms with Crippen LogP contribution in [0.5, 0.6) is 0 Å². The van der Waals surface area contributed by atoms with Crippen LogP contribution in [0.2, 0.25) is 0 Å². The van der Waals surface area contributed by atoms with E-state index < -0.39 is 6.10 Å². The van der Waals surface area contributed by atoms with Gasteiger partial charge in [-0.1, -0.05) is 38.1 Å². The first-order chi connectivity index (χ1) is 8.74. The van der Waals surface area contributed by atoms with Crippen LogP contribution in [0.15, 0.2) is 36.4 Å². The number of benzene rings is 1. The van der Waals surface area contributed by atoms with Gasteiger partial charge in [-0.05, 0) is 25.2 Å². The van der Waals surface area contributed by atoms with Crippen LogP contribution in [0, 0.1) is 0 Å². The van der Waals surface area contributed by atoms with E-state index in [9.17, 15) is 5.11 Å². The number of hydrogen-bond acceptors (Lipinski definition) is 3. The van der Waals surface area contributed by atoms with Crippen molar-refractivity contribution >= 4 is 10.9 Å². The van der Waals surface area contributed by atoms with E-state index in [1.165, 1.54) is 0 Å². The monoisotopic (exact) mass is 244 g/mol. The largest absolute Gasteiger partial charge is 0.385 e. The maximum Gasteiger partial charge on any atom is 0.109 e. The van der Waals surface area contributed by atoms with Gasteiger partial charge in [-0.3, -0.25) is 4.98 Å². The normalized spacial score (nSPS) is 13.1. The molecule has 1 heterocycles. The van der Waals surface area contributed by atoms with E-state index in [1.54, 1.807) is 0 Å². The molecule has 1 aromatic carbocycles. The van der Waals surface area contributed by atoms with Crippen LogP contribution in [0.3, 0.4) is 0 Å². The van der Waals surface area contributed by atoms with Crippen LogP contribution in [-0.4, -0.2) is 34.6 Å². The number of rotatable bonds is 5. The fourth-order valence-corrected chi connectivity index (χ4v) is 2.09. The molecule has 0 bridgehead atoms. The number of fused-ring (bicyclic) bond motifs is 1. The van der Waals surface area contributed by atoms with Crippen molar-refractivity contribution in [2.75, 3.05) is 19.6 Å². The maximum absolute atomic E-state index is 10.2. The Hall–Kier alpha value is -1.45. The van der Waals surface area contributed by atoms with Gasteiger partial charge in [0, 0.05) is 11.9 Å². The van der Waals surface area contributed by atoms with Gasteiger partial charge in [-0.25, -0.2) is 0 Å². The Bertz CT molecular complexity index is 509. The third-order valence-electron chi connectivity index (χ3n) is 3.29. The quantitative estimate of drug-likeness (QED) is 0.878. The predicted octanol–water partition coefficient (Wildman–Crippen LogP) is 2.61. The molecule has 0 saturated heterocycles. The molecule has 0 spiro atoms. The topological polar surface area (TPSA) is 36.4 Å². The van der Waals surface area contributed by atoms with Gasteiger partial charge in [0.25, 0.3) is 0 Å². The van der Waals surface area contributed by atoms with E-state index in [-0.39, 0.29) is 0 Å². The van der Waals surface area contributed by atoms with Gasteiger partial charge >= 0.3 is 0 Å². The molecule has 96 valence electrons. The zero-order chi connectivity index (χ0) is 13.0. The summed E-state index contributed by atoms with van der Waals surface area (Å²) in [5.74, 6) is 0. The van der Waals surface area contributed by atoms with Gasteiger partial charge < -0.3 is 10.0 Å². The maximum atomic E-state index is 10.2. The smallest absolute Gasteiger partial charge is 0.109 e. The van der Waals surface area contributed by atoms with Crippen molar-refractivity contribution in [2.45, 2.75) is 20.0 Å². The summed E-state index contributed by atoms with van der Waals surface area (Å²) in [6.07, 6.45) is -0.519. The van der Waals surface area contributed by atoms with Gasteiger partial charge in [-0.15, -0.1) is 0 Å². The van der Waals surface area contributed by atoms with Gasteiger partial charge in [0.2, 0.25) is 0 Å². The summed E-state index contributed by atoms with van der Waals surface area (Å²) in [6, 6.07) is 11.9. The van der Waals surface area contributed by atoms with Crippen LogP contribution in [0.4, 0.5) is 0 Å². The van der Waals surface area contributed by atoms with Gasteiger partial charge in [-0.2, -0.15) is 0 Å². The first-order valence-corrected chi connectivity index (χ1v) is 6.50. The van der Waals surface area contributed by atoms with Crippen molar-refractivity contribution in [3.63, 3.8) is 0 Å². The molecule has 1 N–H and O–H groups in total. The highest BCUT2D eigenvalue weighted by atomic mass is 16.3. The highest BCUT2D eigenvalue weighted by molar-refractivity contribution is 5.78. The summed E-state index contributed by atoms with van der Waals surface area (Å²) < 4.78 is 0. The Morgan fingerprint density at radius 2 is 1.83 bits per heavy atom. The Morgan fingerprint density at radius 1 is 1.11 bits per heavy atom. The van der Waals surface area contributed by atoms with Crippen LogP contribution in [0.1, 0.15) is 25.6 Å². The number of pyridine rings is 1. The number of aliphatic hydroxyl groups excluding tert-OH is 1. The molecular weight excluding hydrogens is 224 g/mol. The molecule has 2 aromatic rings. The zero-order valence-electron chi connectivity index (χ0n) is 11.0. The Morgan fingerprint density at radius 3 is 2.56 bits per heavy atom. The standard InChI is InChI=1S/C15H20N2O/c1-3-17(4-2)11-15(18)14-10-9-12-7-5-6-8-13(12)16-14/h5-10,15,18H,3-4,11H2,1-2H3. The number of aliphatic hydroxyl groups is 1. The lowest BCUT2D eigenvalue weighted by Crippen LogP contribution is -2.28. The molecule has 1 atom stereocenters. The molecule has 1 aromatic heterocycles. The average Bonchev–Trinajstić information content (AvgIpc) is 2.44. The SMILES string of the molecule is CCN(CC)CC(O)c1ccc2ccccc2n1. The minimum Gasteiger partial charge on any atom is -0.385 e. The molecular formula is C15H20N2O. The van der Waals surface area contributed by atoms with Crippen LogP contribution in [0.25, 0.3) is 10.9 Å². The molecule has 3 heteroatoms. The van der Waals surface area contributed by atoms with E-state index in [2.05, 4.69) is 23.7 Å². The lowest BCUT2D eigenvalue weighted by atomic mass is 10.1. The molecule has 0 aliphatic carbocycles. The summed E-state index contributed by atoms with van der Waals surface area (Å²) in [5.41, 5.74) is 1.69. The summed E-state index contributed by atoms with van der Waals surface area (Å²) in [4.78, 5) is 6.72. The van der Waals surface area contributed by atoms with Crippen LogP contribution in [-0.2, 0) is 0 Å². The van der Waals surface area contributed by atoms with E-state index in [0.717, 1.165) is 29.7 Å². The molecule has 0 aliphatic heterocycles. The first-order valence-electron chi connectivity index (χ1n) is 6.50. The minimum absolute atomic E-state index is 0.519. The predicted molar refractivity (Wildman–Crippen MR) is 74.5 cm³/mol. The van der Waals surface area contributed by atoms with E-state index in [4.69, 9.17) is 0 Å². The van der Waals surface area contributed by atoms with Crippen molar-refractivity contribution in [3.8, 4) is 0 Å². The summed E-state index contributed by atoms with van der Waals surface area (Å²) >= 11 is 0. The second-order valence-corrected chi connectivity index (χ2v) is 4.43. The van der Waals surface area contributed by atoms with Crippen molar-refractivity contribution in [1.29, 1.82) is 0 Å². The molecule has 1 unspecified atom stereocenters. The number of nitrogens with zero attached hydrogens (tertiary/aromatic N) is 2. The third-order valence-corrected chi connectivity index (χ3v) is 3.29. The number of para-hydroxylation sites is 1. The second kappa shape index (κ2) is 5.94. The average molecular weight is 244 g/mol. The molecule has 0 fully saturated rings. The fourth-order valence-electron chi connectivity index (χ4n) is 2.09. The van der Waals surface area contributed by atoms with Crippen LogP contribution < -0.4 is 0 Å². The Balaban J connectivity index is 2.19. The van der Waals surface area contributed by atoms with Crippen molar-refractivity contribution in [1.82, 2.24) is 9.88 Å². The highest BCUT2D eigenvalue weighted by Crippen LogP contribution is 2.17. The number of hydrogen-bond donors (Lipinski definition) is 1. The fraction of sp³-hybridized carbons (Fsp3) is 0.400. The Labute approximate surface area is 108 Å². The van der Waals surface area contributed by atoms with E-state index in [1.807, 2.05) is 36.4 Å². The van der Waals surface area contributed by atoms with Crippen molar-refractivity contribution in [2.24, 2.45) is 0 Å². The minimum atomic E-state index is -0.519. The highest BCUT2D eigenvalue weighted by Gasteiger charge is 2.12. The third kappa shape index (κ3) is 2.86. The Kier molecular flexibility index (Phi) is 4.28. The lowest BCUT2D eigenvalue weighted by Gasteiger charge is -2.21. The molecule has 2 rings (SSSR count). The zero-order valence-corrected chi connectivity index (χ0v) is 11.0. The molecule has 18 heavy (non-hydrogen) atoms. The summed E-state index contributed by atoms with van der Waals surface area (Å²) in [7, 11) is 0. The number of likely N-dealkylation sites (N-methyl/N-ethyl adjacent to an activating group) is 1. The van der Waals surface area contributed by atoms with Crippen molar-refractivity contribution < 1.29 is 5.11 Å². The molecule has 0 aliphatic rings. The lowest BCUT2D eigenvalue weighted by molar-refractivity contribution is 0.116. The van der Waals surface area contributed by atoms with Gasteiger partial charge in [0.15, 0.2) is 0 Å². The molecule has 3 nitrogen and oxygen atoms in total. The van der Waals surface area contributed by atoms with Gasteiger partial charge in [0.1, 0.15) is 6.10 Å². The second-order valence-electron chi connectivity index (χ2n) is 4.43. The van der Waals surface area contributed by atoms with E-state index in [0.29, 0.717) is 6.54 Å². The summed E-state index contributed by atoms with van der Waals surface area (Å²) in [6.45, 7) is 6.73.